The van der Waals surface area contributed by atoms with E-state index in [0.717, 1.165) is 28.0 Å². The fourth-order valence-corrected chi connectivity index (χ4v) is 3.77. The van der Waals surface area contributed by atoms with Crippen LogP contribution in [0.2, 0.25) is 0 Å². The van der Waals surface area contributed by atoms with Crippen LogP contribution in [0.3, 0.4) is 0 Å². The molecule has 0 saturated heterocycles. The third-order valence-corrected chi connectivity index (χ3v) is 5.26. The minimum atomic E-state index is 0. The van der Waals surface area contributed by atoms with E-state index in [-0.39, 0.29) is 22.4 Å². The molecule has 5 nitrogen and oxygen atoms in total. The number of nitrogens with zero attached hydrogens (tertiary/aromatic N) is 4. The van der Waals surface area contributed by atoms with Gasteiger partial charge in [0.05, 0.1) is 16.7 Å². The second-order valence-electron chi connectivity index (χ2n) is 7.41. The number of fused-ring (bicyclic) bond motifs is 1. The quantitative estimate of drug-likeness (QED) is 0.153. The van der Waals surface area contributed by atoms with Gasteiger partial charge in [-0.1, -0.05) is 60.9 Å². The predicted octanol–water partition coefficient (Wildman–Crippen LogP) is 5.12. The van der Waals surface area contributed by atoms with Gasteiger partial charge >= 0.3 is 0 Å². The summed E-state index contributed by atoms with van der Waals surface area (Å²) >= 11 is 0. The second kappa shape index (κ2) is 9.53. The molecule has 0 atom stereocenters. The van der Waals surface area contributed by atoms with Crippen molar-refractivity contribution in [2.75, 3.05) is 0 Å². The van der Waals surface area contributed by atoms with Crippen molar-refractivity contribution in [3.8, 4) is 34.3 Å². The predicted molar refractivity (Wildman–Crippen MR) is 124 cm³/mol. The molecule has 4 aromatic carbocycles. The van der Waals surface area contributed by atoms with Crippen molar-refractivity contribution in [2.24, 2.45) is 0 Å². The number of rotatable bonds is 5. The third kappa shape index (κ3) is 4.20. The molecule has 0 saturated carbocycles. The SMILES string of the molecule is [Au].[c-]1c(Oc2[c-]c(-n3[c-][n+](-c4ccccc4)c4ccccc43)ccc2)cccc1-c1ncc[n-]1. The first-order valence-corrected chi connectivity index (χ1v) is 10.5. The van der Waals surface area contributed by atoms with Crippen LogP contribution in [0.25, 0.3) is 33.8 Å². The molecule has 6 heteroatoms. The van der Waals surface area contributed by atoms with E-state index in [1.54, 1.807) is 12.4 Å². The molecule has 6 rings (SSSR count). The molecule has 2 heterocycles. The van der Waals surface area contributed by atoms with Gasteiger partial charge in [0.1, 0.15) is 0 Å². The van der Waals surface area contributed by atoms with Crippen LogP contribution in [0, 0.1) is 18.5 Å². The van der Waals surface area contributed by atoms with Gasteiger partial charge in [-0.2, -0.15) is 17.7 Å². The van der Waals surface area contributed by atoms with E-state index in [4.69, 9.17) is 4.74 Å². The summed E-state index contributed by atoms with van der Waals surface area (Å²) < 4.78 is 10.1. The minimum absolute atomic E-state index is 0. The summed E-state index contributed by atoms with van der Waals surface area (Å²) in [5, 5.41) is 0. The Balaban J connectivity index is 0.00000241. The fourth-order valence-electron chi connectivity index (χ4n) is 3.77. The molecule has 0 fully saturated rings. The molecule has 0 aliphatic heterocycles. The molecule has 1 radical (unpaired) electrons. The Morgan fingerprint density at radius 1 is 0.794 bits per heavy atom. The molecule has 0 N–H and O–H groups in total. The first-order chi connectivity index (χ1) is 16.3. The Bertz CT molecular complexity index is 1540. The van der Waals surface area contributed by atoms with E-state index in [9.17, 15) is 0 Å². The van der Waals surface area contributed by atoms with Gasteiger partial charge in [0.15, 0.2) is 0 Å². The van der Waals surface area contributed by atoms with Gasteiger partial charge in [-0.05, 0) is 17.8 Å². The standard InChI is InChI=1S/C28H17N4O.Au/c1-2-9-22(10-3-1)31-20-32(27-15-5-4-14-26(27)31)23-11-7-13-25(19-23)33-24-12-6-8-21(18-24)28-29-16-17-30-28;/h1-17H;/q-3;. The third-order valence-electron chi connectivity index (χ3n) is 5.26. The summed E-state index contributed by atoms with van der Waals surface area (Å²) in [5.74, 6) is 1.78. The molecular formula is C28H17AuN4O-3. The van der Waals surface area contributed by atoms with Gasteiger partial charge in [-0.3, -0.25) is 4.57 Å². The normalized spacial score (nSPS) is 10.7. The van der Waals surface area contributed by atoms with Crippen molar-refractivity contribution in [1.29, 1.82) is 0 Å². The van der Waals surface area contributed by atoms with E-state index in [2.05, 4.69) is 52.7 Å². The molecule has 169 valence electrons. The van der Waals surface area contributed by atoms with E-state index >= 15 is 0 Å². The monoisotopic (exact) mass is 622 g/mol. The maximum atomic E-state index is 6.08. The Morgan fingerprint density at radius 3 is 2.38 bits per heavy atom. The Morgan fingerprint density at radius 2 is 1.56 bits per heavy atom. The van der Waals surface area contributed by atoms with Gasteiger partial charge < -0.3 is 19.3 Å². The molecule has 0 unspecified atom stereocenters. The molecule has 0 spiro atoms. The zero-order chi connectivity index (χ0) is 22.0. The summed E-state index contributed by atoms with van der Waals surface area (Å²) in [4.78, 5) is 8.46. The summed E-state index contributed by atoms with van der Waals surface area (Å²) in [6.45, 7) is 0. The first kappa shape index (κ1) is 21.9. The molecule has 2 aromatic heterocycles. The first-order valence-electron chi connectivity index (χ1n) is 10.5. The van der Waals surface area contributed by atoms with Crippen molar-refractivity contribution < 1.29 is 31.7 Å². The summed E-state index contributed by atoms with van der Waals surface area (Å²) in [6.07, 6.45) is 6.78. The molecular weight excluding hydrogens is 605 g/mol. The molecule has 0 aliphatic carbocycles. The minimum Gasteiger partial charge on any atom is -0.503 e. The van der Waals surface area contributed by atoms with Crippen LogP contribution in [0.5, 0.6) is 11.5 Å². The van der Waals surface area contributed by atoms with Crippen LogP contribution in [-0.4, -0.2) is 9.55 Å². The molecule has 0 amide bonds. The van der Waals surface area contributed by atoms with Crippen molar-refractivity contribution >= 4 is 11.0 Å². The average molecular weight is 622 g/mol. The number of hydrogen-bond donors (Lipinski definition) is 0. The van der Waals surface area contributed by atoms with Gasteiger partial charge in [0.25, 0.3) is 6.33 Å². The van der Waals surface area contributed by atoms with Crippen LogP contribution in [-0.2, 0) is 22.4 Å². The molecule has 0 aliphatic rings. The zero-order valence-electron chi connectivity index (χ0n) is 17.8. The number of para-hydroxylation sites is 3. The van der Waals surface area contributed by atoms with Crippen LogP contribution in [0.15, 0.2) is 103 Å². The van der Waals surface area contributed by atoms with Gasteiger partial charge in [-0.15, -0.1) is 36.2 Å². The smallest absolute Gasteiger partial charge is 0.268 e. The number of aromatic nitrogens is 4. The van der Waals surface area contributed by atoms with E-state index in [0.29, 0.717) is 17.3 Å². The molecule has 0 bridgehead atoms. The van der Waals surface area contributed by atoms with Gasteiger partial charge in [-0.25, -0.2) is 0 Å². The van der Waals surface area contributed by atoms with Crippen molar-refractivity contribution in [3.05, 3.63) is 122 Å². The van der Waals surface area contributed by atoms with Crippen molar-refractivity contribution in [2.45, 2.75) is 0 Å². The topological polar surface area (TPSA) is 45.0 Å². The van der Waals surface area contributed by atoms with Crippen molar-refractivity contribution in [1.82, 2.24) is 14.5 Å². The van der Waals surface area contributed by atoms with Crippen LogP contribution >= 0.6 is 0 Å². The summed E-state index contributed by atoms with van der Waals surface area (Å²) in [7, 11) is 0. The summed E-state index contributed by atoms with van der Waals surface area (Å²) in [6, 6.07) is 36.5. The Kier molecular flexibility index (Phi) is 6.14. The maximum Gasteiger partial charge on any atom is 0.268 e. The number of hydrogen-bond acceptors (Lipinski definition) is 2. The second-order valence-corrected chi connectivity index (χ2v) is 7.41. The van der Waals surface area contributed by atoms with Crippen molar-refractivity contribution in [3.63, 3.8) is 0 Å². The number of benzene rings is 4. The largest absolute Gasteiger partial charge is 0.503 e. The van der Waals surface area contributed by atoms with Gasteiger partial charge in [0, 0.05) is 33.9 Å². The zero-order valence-corrected chi connectivity index (χ0v) is 20.0. The Hall–Kier alpha value is -3.90. The average Bonchev–Trinajstić information content (AvgIpc) is 3.54. The maximum absolute atomic E-state index is 6.08. The van der Waals surface area contributed by atoms with Gasteiger partial charge in [0.2, 0.25) is 0 Å². The molecule has 34 heavy (non-hydrogen) atoms. The Labute approximate surface area is 212 Å². The van der Waals surface area contributed by atoms with Crippen LogP contribution in [0.4, 0.5) is 0 Å². The molecule has 6 aromatic rings. The fraction of sp³-hybridized carbons (Fsp3) is 0. The van der Waals surface area contributed by atoms with E-state index in [1.165, 1.54) is 0 Å². The number of imidazole rings is 2. The van der Waals surface area contributed by atoms with Crippen LogP contribution in [0.1, 0.15) is 0 Å². The van der Waals surface area contributed by atoms with E-state index < -0.39 is 0 Å². The van der Waals surface area contributed by atoms with Crippen LogP contribution < -0.4 is 14.3 Å². The summed E-state index contributed by atoms with van der Waals surface area (Å²) in [5.41, 5.74) is 4.73. The number of ether oxygens (including phenoxy) is 1. The van der Waals surface area contributed by atoms with E-state index in [1.807, 2.05) is 75.9 Å².